The van der Waals surface area contributed by atoms with Gasteiger partial charge in [-0.15, -0.1) is 4.40 Å². The van der Waals surface area contributed by atoms with Crippen LogP contribution >= 0.6 is 0 Å². The number of nitrogens with zero attached hydrogens (tertiary/aromatic N) is 3. The van der Waals surface area contributed by atoms with Gasteiger partial charge in [0.1, 0.15) is 18.2 Å². The Balaban J connectivity index is 1.53. The molecule has 0 aliphatic carbocycles. The van der Waals surface area contributed by atoms with Crippen molar-refractivity contribution in [3.8, 4) is 5.75 Å². The van der Waals surface area contributed by atoms with Crippen molar-refractivity contribution in [3.63, 3.8) is 0 Å². The first-order chi connectivity index (χ1) is 13.9. The number of fused-ring (bicyclic) bond motifs is 1. The van der Waals surface area contributed by atoms with Crippen molar-refractivity contribution in [3.05, 3.63) is 59.4 Å². The second-order valence-corrected chi connectivity index (χ2v) is 8.83. The molecule has 2 N–H and O–H groups in total. The highest BCUT2D eigenvalue weighted by molar-refractivity contribution is 7.89. The summed E-state index contributed by atoms with van der Waals surface area (Å²) >= 11 is 0. The molecule has 0 spiro atoms. The zero-order valence-corrected chi connectivity index (χ0v) is 16.6. The molecule has 0 bridgehead atoms. The monoisotopic (exact) mass is 414 g/mol. The number of pyridine rings is 1. The third kappa shape index (κ3) is 4.09. The van der Waals surface area contributed by atoms with E-state index >= 15 is 0 Å². The third-order valence-electron chi connectivity index (χ3n) is 5.17. The topological polar surface area (TPSA) is 115 Å². The lowest BCUT2D eigenvalue weighted by Crippen LogP contribution is -2.46. The van der Waals surface area contributed by atoms with Crippen molar-refractivity contribution in [1.82, 2.24) is 9.88 Å². The highest BCUT2D eigenvalue weighted by atomic mass is 32.2. The van der Waals surface area contributed by atoms with Crippen LogP contribution in [-0.2, 0) is 15.8 Å². The number of ether oxygens (including phenoxy) is 1. The number of likely N-dealkylation sites (tertiary alicyclic amines) is 1. The van der Waals surface area contributed by atoms with E-state index in [0.29, 0.717) is 35.6 Å². The van der Waals surface area contributed by atoms with E-state index < -0.39 is 10.0 Å². The summed E-state index contributed by atoms with van der Waals surface area (Å²) in [6.45, 7) is 0.957. The van der Waals surface area contributed by atoms with Crippen molar-refractivity contribution in [2.24, 2.45) is 10.1 Å². The van der Waals surface area contributed by atoms with E-state index in [1.807, 2.05) is 4.90 Å². The number of nitrogens with two attached hydrogens (primary N) is 1. The molecule has 2 aliphatic rings. The van der Waals surface area contributed by atoms with Gasteiger partial charge in [-0.05, 0) is 43.0 Å². The van der Waals surface area contributed by atoms with E-state index in [4.69, 9.17) is 10.5 Å². The normalized spacial score (nSPS) is 20.5. The first-order valence-corrected chi connectivity index (χ1v) is 11.1. The van der Waals surface area contributed by atoms with E-state index in [2.05, 4.69) is 9.38 Å². The quantitative estimate of drug-likeness (QED) is 0.814. The maximum atomic E-state index is 12.9. The maximum Gasteiger partial charge on any atom is 0.259 e. The lowest BCUT2D eigenvalue weighted by atomic mass is 10.0. The van der Waals surface area contributed by atoms with Gasteiger partial charge in [-0.1, -0.05) is 12.1 Å². The van der Waals surface area contributed by atoms with E-state index in [1.54, 1.807) is 42.7 Å². The number of piperidine rings is 1. The summed E-state index contributed by atoms with van der Waals surface area (Å²) in [6.07, 6.45) is 6.00. The maximum absolute atomic E-state index is 12.9. The van der Waals surface area contributed by atoms with Crippen molar-refractivity contribution in [1.29, 1.82) is 0 Å². The van der Waals surface area contributed by atoms with Crippen LogP contribution in [0, 0.1) is 0 Å². The minimum atomic E-state index is -3.60. The fourth-order valence-electron chi connectivity index (χ4n) is 3.81. The van der Waals surface area contributed by atoms with E-state index in [1.165, 1.54) is 0 Å². The lowest BCUT2D eigenvalue weighted by molar-refractivity contribution is 0.0528. The van der Waals surface area contributed by atoms with Crippen molar-refractivity contribution in [2.45, 2.75) is 31.1 Å². The molecule has 2 aliphatic heterocycles. The van der Waals surface area contributed by atoms with Crippen LogP contribution in [0.2, 0.25) is 0 Å². The minimum absolute atomic E-state index is 0.0613. The molecule has 1 fully saturated rings. The zero-order chi connectivity index (χ0) is 20.4. The number of benzene rings is 1. The summed E-state index contributed by atoms with van der Waals surface area (Å²) in [5.41, 5.74) is 7.54. The van der Waals surface area contributed by atoms with Crippen molar-refractivity contribution in [2.75, 3.05) is 13.2 Å². The van der Waals surface area contributed by atoms with Crippen LogP contribution in [0.25, 0.3) is 0 Å². The van der Waals surface area contributed by atoms with Gasteiger partial charge in [0.25, 0.3) is 15.9 Å². The molecule has 0 unspecified atom stereocenters. The highest BCUT2D eigenvalue weighted by Crippen LogP contribution is 2.29. The van der Waals surface area contributed by atoms with Gasteiger partial charge < -0.3 is 15.4 Å². The van der Waals surface area contributed by atoms with Gasteiger partial charge in [-0.2, -0.15) is 0 Å². The fourth-order valence-corrected chi connectivity index (χ4v) is 4.90. The molecule has 3 heterocycles. The Hall–Kier alpha value is -2.94. The summed E-state index contributed by atoms with van der Waals surface area (Å²) in [6, 6.07) is 8.61. The molecule has 1 saturated heterocycles. The second kappa shape index (κ2) is 7.82. The van der Waals surface area contributed by atoms with Gasteiger partial charge in [0.05, 0.1) is 22.9 Å². The van der Waals surface area contributed by atoms with Crippen LogP contribution in [0.5, 0.6) is 5.75 Å². The molecule has 1 aromatic carbocycles. The number of aromatic nitrogens is 1. The molecule has 152 valence electrons. The Labute approximate surface area is 169 Å². The highest BCUT2D eigenvalue weighted by Gasteiger charge is 2.30. The van der Waals surface area contributed by atoms with Gasteiger partial charge in [0.15, 0.2) is 0 Å². The third-order valence-corrected chi connectivity index (χ3v) is 6.32. The lowest BCUT2D eigenvalue weighted by Gasteiger charge is -2.35. The number of rotatable bonds is 4. The molecule has 29 heavy (non-hydrogen) atoms. The van der Waals surface area contributed by atoms with Crippen LogP contribution in [-0.4, -0.2) is 49.2 Å². The summed E-state index contributed by atoms with van der Waals surface area (Å²) in [5.74, 6) is 0.162. The SMILES string of the molecule is NC1=NS(=O)(=O)Cc2cccc(OC[C@H]3CCCCN3C(=O)c3cccnc3)c21. The summed E-state index contributed by atoms with van der Waals surface area (Å²) in [5, 5.41) is 0. The van der Waals surface area contributed by atoms with Gasteiger partial charge in [-0.3, -0.25) is 9.78 Å². The summed E-state index contributed by atoms with van der Waals surface area (Å²) in [7, 11) is -3.60. The van der Waals surface area contributed by atoms with Gasteiger partial charge in [0, 0.05) is 18.9 Å². The molecular formula is C20H22N4O4S. The zero-order valence-electron chi connectivity index (χ0n) is 15.8. The van der Waals surface area contributed by atoms with Crippen molar-refractivity contribution >= 4 is 21.8 Å². The van der Waals surface area contributed by atoms with Crippen LogP contribution in [0.4, 0.5) is 0 Å². The van der Waals surface area contributed by atoms with Crippen molar-refractivity contribution < 1.29 is 17.9 Å². The van der Waals surface area contributed by atoms with Crippen LogP contribution in [0.3, 0.4) is 0 Å². The molecule has 4 rings (SSSR count). The Bertz CT molecular complexity index is 1050. The fraction of sp³-hybridized carbons (Fsp3) is 0.350. The minimum Gasteiger partial charge on any atom is -0.491 e. The molecule has 0 saturated carbocycles. The first kappa shape index (κ1) is 19.4. The van der Waals surface area contributed by atoms with Gasteiger partial charge >= 0.3 is 0 Å². The molecule has 1 atom stereocenters. The number of carbonyl (C=O) groups excluding carboxylic acids is 1. The second-order valence-electron chi connectivity index (χ2n) is 7.19. The predicted octanol–water partition coefficient (Wildman–Crippen LogP) is 1.70. The van der Waals surface area contributed by atoms with Crippen LogP contribution in [0.15, 0.2) is 47.1 Å². The average molecular weight is 414 g/mol. The number of carbonyl (C=O) groups is 1. The molecular weight excluding hydrogens is 392 g/mol. The number of hydrogen-bond donors (Lipinski definition) is 1. The summed E-state index contributed by atoms with van der Waals surface area (Å²) in [4.78, 5) is 18.8. The Morgan fingerprint density at radius 2 is 2.10 bits per heavy atom. The van der Waals surface area contributed by atoms with Gasteiger partial charge in [0.2, 0.25) is 0 Å². The number of amidine groups is 1. The average Bonchev–Trinajstić information content (AvgIpc) is 2.71. The molecule has 1 amide bonds. The molecule has 1 aromatic heterocycles. The smallest absolute Gasteiger partial charge is 0.259 e. The van der Waals surface area contributed by atoms with Gasteiger partial charge in [-0.25, -0.2) is 8.42 Å². The predicted molar refractivity (Wildman–Crippen MR) is 108 cm³/mol. The molecule has 2 aromatic rings. The van der Waals surface area contributed by atoms with Crippen LogP contribution in [0.1, 0.15) is 40.7 Å². The molecule has 0 radical (unpaired) electrons. The Morgan fingerprint density at radius 1 is 1.24 bits per heavy atom. The largest absolute Gasteiger partial charge is 0.491 e. The molecule has 9 heteroatoms. The van der Waals surface area contributed by atoms with E-state index in [-0.39, 0.29) is 23.5 Å². The number of amides is 1. The Kier molecular flexibility index (Phi) is 5.23. The van der Waals surface area contributed by atoms with E-state index in [0.717, 1.165) is 19.3 Å². The molecule has 8 nitrogen and oxygen atoms in total. The first-order valence-electron chi connectivity index (χ1n) is 9.49. The number of sulfonamides is 1. The standard InChI is InChI=1S/C20H22N4O4S/c21-19-18-15(13-29(26,27)23-19)5-3-8-17(18)28-12-16-7-1-2-10-24(16)20(25)14-6-4-9-22-11-14/h3-6,8-9,11,16H,1-2,7,10,12-13H2,(H2,21,23)/t16-/m1/s1. The Morgan fingerprint density at radius 3 is 2.90 bits per heavy atom. The van der Waals surface area contributed by atoms with Crippen LogP contribution < -0.4 is 10.5 Å². The van der Waals surface area contributed by atoms with E-state index in [9.17, 15) is 13.2 Å². The number of hydrogen-bond acceptors (Lipinski definition) is 6. The summed E-state index contributed by atoms with van der Waals surface area (Å²) < 4.78 is 33.3.